The molecule has 2 aromatic heterocycles. The van der Waals surface area contributed by atoms with Gasteiger partial charge in [-0.15, -0.1) is 0 Å². The maximum Gasteiger partial charge on any atom is 0.231 e. The highest BCUT2D eigenvalue weighted by molar-refractivity contribution is 5.57. The van der Waals surface area contributed by atoms with Crippen LogP contribution in [-0.4, -0.2) is 34.9 Å². The van der Waals surface area contributed by atoms with Crippen molar-refractivity contribution in [2.45, 2.75) is 12.8 Å². The molecule has 106 valence electrons. The van der Waals surface area contributed by atoms with Gasteiger partial charge in [0.15, 0.2) is 0 Å². The van der Waals surface area contributed by atoms with Crippen LogP contribution in [0.2, 0.25) is 0 Å². The van der Waals surface area contributed by atoms with Crippen molar-refractivity contribution >= 4 is 5.52 Å². The minimum atomic E-state index is -0.525. The molecule has 0 N–H and O–H groups in total. The molecule has 0 bridgehead atoms. The molecule has 0 atom stereocenters. The number of aromatic nitrogens is 2. The minimum absolute atomic E-state index is 0.273. The SMILES string of the molecule is COc1ccc(C[N+](=O)[O-])c2cc(C3OCCO3)nn12. The first-order valence-electron chi connectivity index (χ1n) is 6.09. The largest absolute Gasteiger partial charge is 0.481 e. The predicted octanol–water partition coefficient (Wildman–Crippen LogP) is 1.16. The van der Waals surface area contributed by atoms with Gasteiger partial charge in [-0.1, -0.05) is 0 Å². The fourth-order valence-corrected chi connectivity index (χ4v) is 2.20. The summed E-state index contributed by atoms with van der Waals surface area (Å²) in [6.07, 6.45) is -0.525. The number of rotatable bonds is 4. The molecule has 1 aliphatic rings. The lowest BCUT2D eigenvalue weighted by atomic mass is 10.2. The fourth-order valence-electron chi connectivity index (χ4n) is 2.20. The molecular formula is C12H13N3O5. The van der Waals surface area contributed by atoms with E-state index in [4.69, 9.17) is 14.2 Å². The zero-order valence-corrected chi connectivity index (χ0v) is 10.8. The first-order valence-corrected chi connectivity index (χ1v) is 6.09. The number of ether oxygens (including phenoxy) is 3. The average molecular weight is 279 g/mol. The topological polar surface area (TPSA) is 88.1 Å². The summed E-state index contributed by atoms with van der Waals surface area (Å²) in [6, 6.07) is 5.05. The molecule has 8 nitrogen and oxygen atoms in total. The number of fused-ring (bicyclic) bond motifs is 1. The summed E-state index contributed by atoms with van der Waals surface area (Å²) in [5, 5.41) is 15.1. The number of nitrogens with zero attached hydrogens (tertiary/aromatic N) is 3. The first kappa shape index (κ1) is 12.8. The molecule has 0 saturated carbocycles. The Balaban J connectivity index is 2.10. The molecule has 1 aliphatic heterocycles. The van der Waals surface area contributed by atoms with Crippen molar-refractivity contribution in [3.8, 4) is 5.88 Å². The summed E-state index contributed by atoms with van der Waals surface area (Å²) in [4.78, 5) is 10.3. The lowest BCUT2D eigenvalue weighted by molar-refractivity contribution is -0.496. The molecule has 1 saturated heterocycles. The molecular weight excluding hydrogens is 266 g/mol. The van der Waals surface area contributed by atoms with Gasteiger partial charge in [-0.25, -0.2) is 4.52 Å². The molecule has 2 aromatic rings. The summed E-state index contributed by atoms with van der Waals surface area (Å²) in [5.41, 5.74) is 1.76. The standard InChI is InChI=1S/C12H13N3O5/c1-18-11-3-2-8(7-14(16)17)10-6-9(13-15(10)11)12-19-4-5-20-12/h2-3,6,12H,4-5,7H2,1H3. The second-order valence-corrected chi connectivity index (χ2v) is 4.33. The molecule has 0 aromatic carbocycles. The van der Waals surface area contributed by atoms with Gasteiger partial charge in [0, 0.05) is 16.6 Å². The molecule has 8 heteroatoms. The Morgan fingerprint density at radius 1 is 1.50 bits per heavy atom. The second kappa shape index (κ2) is 5.06. The van der Waals surface area contributed by atoms with Crippen LogP contribution in [-0.2, 0) is 16.0 Å². The summed E-state index contributed by atoms with van der Waals surface area (Å²) in [5.74, 6) is 0.497. The number of hydrogen-bond donors (Lipinski definition) is 0. The Labute approximate surface area is 114 Å². The van der Waals surface area contributed by atoms with Crippen molar-refractivity contribution in [2.24, 2.45) is 0 Å². The van der Waals surface area contributed by atoms with Crippen LogP contribution in [0.4, 0.5) is 0 Å². The third-order valence-corrected chi connectivity index (χ3v) is 3.06. The van der Waals surface area contributed by atoms with Crippen molar-refractivity contribution in [3.05, 3.63) is 39.6 Å². The number of pyridine rings is 1. The first-order chi connectivity index (χ1) is 9.69. The van der Waals surface area contributed by atoms with Gasteiger partial charge in [0.2, 0.25) is 18.7 Å². The third kappa shape index (κ3) is 2.19. The predicted molar refractivity (Wildman–Crippen MR) is 67.1 cm³/mol. The Kier molecular flexibility index (Phi) is 3.25. The molecule has 3 heterocycles. The Morgan fingerprint density at radius 2 is 2.25 bits per heavy atom. The summed E-state index contributed by atoms with van der Waals surface area (Å²) in [6.45, 7) is 0.750. The highest BCUT2D eigenvalue weighted by Crippen LogP contribution is 2.27. The smallest absolute Gasteiger partial charge is 0.231 e. The van der Waals surface area contributed by atoms with E-state index in [2.05, 4.69) is 5.10 Å². The van der Waals surface area contributed by atoms with Gasteiger partial charge in [-0.2, -0.15) is 5.10 Å². The van der Waals surface area contributed by atoms with E-state index in [-0.39, 0.29) is 11.5 Å². The van der Waals surface area contributed by atoms with E-state index in [1.165, 1.54) is 11.6 Å². The molecule has 20 heavy (non-hydrogen) atoms. The van der Waals surface area contributed by atoms with E-state index >= 15 is 0 Å². The van der Waals surface area contributed by atoms with Gasteiger partial charge in [-0.3, -0.25) is 10.1 Å². The van der Waals surface area contributed by atoms with Crippen LogP contribution in [0, 0.1) is 10.1 Å². The number of hydrogen-bond acceptors (Lipinski definition) is 6. The van der Waals surface area contributed by atoms with Crippen LogP contribution in [0.5, 0.6) is 5.88 Å². The molecule has 0 aliphatic carbocycles. The quantitative estimate of drug-likeness (QED) is 0.616. The zero-order chi connectivity index (χ0) is 14.1. The van der Waals surface area contributed by atoms with Crippen LogP contribution >= 0.6 is 0 Å². The van der Waals surface area contributed by atoms with Crippen LogP contribution < -0.4 is 4.74 Å². The van der Waals surface area contributed by atoms with E-state index in [0.717, 1.165) is 0 Å². The summed E-state index contributed by atoms with van der Waals surface area (Å²) >= 11 is 0. The average Bonchev–Trinajstić information content (AvgIpc) is 3.07. The highest BCUT2D eigenvalue weighted by atomic mass is 16.7. The fraction of sp³-hybridized carbons (Fsp3) is 0.417. The lowest BCUT2D eigenvalue weighted by Crippen LogP contribution is -2.03. The van der Waals surface area contributed by atoms with Crippen LogP contribution in [0.15, 0.2) is 18.2 Å². The maximum atomic E-state index is 10.7. The number of nitro groups is 1. The van der Waals surface area contributed by atoms with Gasteiger partial charge >= 0.3 is 0 Å². The van der Waals surface area contributed by atoms with Gasteiger partial charge in [0.1, 0.15) is 5.69 Å². The maximum absolute atomic E-state index is 10.7. The molecule has 1 fully saturated rings. The van der Waals surface area contributed by atoms with E-state index in [1.807, 2.05) is 0 Å². The molecule has 0 unspecified atom stereocenters. The van der Waals surface area contributed by atoms with E-state index < -0.39 is 6.29 Å². The van der Waals surface area contributed by atoms with E-state index in [0.29, 0.717) is 35.9 Å². The second-order valence-electron chi connectivity index (χ2n) is 4.33. The van der Waals surface area contributed by atoms with Crippen molar-refractivity contribution < 1.29 is 19.1 Å². The van der Waals surface area contributed by atoms with Gasteiger partial charge in [0.05, 0.1) is 25.8 Å². The Morgan fingerprint density at radius 3 is 2.90 bits per heavy atom. The third-order valence-electron chi connectivity index (χ3n) is 3.06. The van der Waals surface area contributed by atoms with Gasteiger partial charge in [0.25, 0.3) is 0 Å². The van der Waals surface area contributed by atoms with Gasteiger partial charge in [-0.05, 0) is 12.1 Å². The van der Waals surface area contributed by atoms with Crippen molar-refractivity contribution in [2.75, 3.05) is 20.3 Å². The van der Waals surface area contributed by atoms with Crippen molar-refractivity contribution in [1.29, 1.82) is 0 Å². The van der Waals surface area contributed by atoms with E-state index in [1.54, 1.807) is 18.2 Å². The Hall–Kier alpha value is -2.19. The monoisotopic (exact) mass is 279 g/mol. The van der Waals surface area contributed by atoms with Crippen LogP contribution in [0.3, 0.4) is 0 Å². The Bertz CT molecular complexity index is 648. The molecule has 0 amide bonds. The molecule has 0 radical (unpaired) electrons. The summed E-state index contributed by atoms with van der Waals surface area (Å²) in [7, 11) is 1.52. The molecule has 3 rings (SSSR count). The van der Waals surface area contributed by atoms with Gasteiger partial charge < -0.3 is 14.2 Å². The zero-order valence-electron chi connectivity index (χ0n) is 10.8. The van der Waals surface area contributed by atoms with Crippen molar-refractivity contribution in [3.63, 3.8) is 0 Å². The van der Waals surface area contributed by atoms with Crippen LogP contribution in [0.25, 0.3) is 5.52 Å². The van der Waals surface area contributed by atoms with E-state index in [9.17, 15) is 10.1 Å². The van der Waals surface area contributed by atoms with Crippen LogP contribution in [0.1, 0.15) is 17.5 Å². The normalized spacial score (nSPS) is 15.8. The summed E-state index contributed by atoms with van der Waals surface area (Å²) < 4.78 is 17.5. The van der Waals surface area contributed by atoms with Crippen molar-refractivity contribution in [1.82, 2.24) is 9.61 Å². The minimum Gasteiger partial charge on any atom is -0.481 e. The highest BCUT2D eigenvalue weighted by Gasteiger charge is 2.23. The lowest BCUT2D eigenvalue weighted by Gasteiger charge is -2.05. The number of methoxy groups -OCH3 is 1. The molecule has 0 spiro atoms.